The van der Waals surface area contributed by atoms with Crippen LogP contribution >= 0.6 is 0 Å². The molecule has 0 unspecified atom stereocenters. The van der Waals surface area contributed by atoms with Crippen LogP contribution in [-0.4, -0.2) is 22.9 Å². The van der Waals surface area contributed by atoms with Gasteiger partial charge in [-0.3, -0.25) is 20.4 Å². The van der Waals surface area contributed by atoms with Gasteiger partial charge in [-0.15, -0.1) is 0 Å². The first-order chi connectivity index (χ1) is 6.51. The molecular weight excluding hydrogens is 192 g/mol. The Kier molecular flexibility index (Phi) is 4.89. The van der Waals surface area contributed by atoms with Gasteiger partial charge in [0.2, 0.25) is 5.91 Å². The number of amides is 2. The molecular formula is C6H10N4O4. The molecule has 14 heavy (non-hydrogen) atoms. The second-order valence-electron chi connectivity index (χ2n) is 2.23. The third kappa shape index (κ3) is 4.18. The topological polar surface area (TPSA) is 148 Å². The molecule has 0 heterocycles. The van der Waals surface area contributed by atoms with Gasteiger partial charge in [0.05, 0.1) is 12.0 Å². The summed E-state index contributed by atoms with van der Waals surface area (Å²) in [5.41, 5.74) is 3.03. The minimum atomic E-state index is -1.39. The van der Waals surface area contributed by atoms with E-state index >= 15 is 0 Å². The lowest BCUT2D eigenvalue weighted by Crippen LogP contribution is -2.32. The summed E-state index contributed by atoms with van der Waals surface area (Å²) in [6.07, 6.45) is 0.205. The third-order valence-electron chi connectivity index (χ3n) is 1.23. The number of carbonyl (C=O) groups is 3. The molecule has 78 valence electrons. The minimum Gasteiger partial charge on any atom is -0.478 e. The molecule has 8 heteroatoms. The summed E-state index contributed by atoms with van der Waals surface area (Å²) in [5, 5.41) is 8.55. The van der Waals surface area contributed by atoms with Crippen molar-refractivity contribution < 1.29 is 19.5 Å². The number of nitrogens with one attached hydrogen (secondary N) is 2. The summed E-state index contributed by atoms with van der Waals surface area (Å²) < 4.78 is 0. The fraction of sp³-hybridized carbons (Fsp3) is 0.167. The normalized spacial score (nSPS) is 10.6. The number of carbonyl (C=O) groups excluding carboxylic acids is 2. The quantitative estimate of drug-likeness (QED) is 0.146. The highest BCUT2D eigenvalue weighted by Crippen LogP contribution is 2.00. The molecule has 0 spiro atoms. The summed E-state index contributed by atoms with van der Waals surface area (Å²) in [4.78, 5) is 31.8. The zero-order valence-corrected chi connectivity index (χ0v) is 7.11. The SMILES string of the molecule is NNC(=O)C=C(CC(=O)NN)C(=O)O. The Morgan fingerprint density at radius 2 is 1.79 bits per heavy atom. The lowest BCUT2D eigenvalue weighted by molar-refractivity contribution is -0.134. The fourth-order valence-electron chi connectivity index (χ4n) is 0.612. The monoisotopic (exact) mass is 202 g/mol. The van der Waals surface area contributed by atoms with Crippen molar-refractivity contribution in [2.75, 3.05) is 0 Å². The van der Waals surface area contributed by atoms with Crippen LogP contribution in [0.2, 0.25) is 0 Å². The summed E-state index contributed by atoms with van der Waals surface area (Å²) >= 11 is 0. The molecule has 0 aliphatic carbocycles. The molecule has 0 saturated carbocycles. The molecule has 0 saturated heterocycles. The molecule has 0 radical (unpaired) electrons. The van der Waals surface area contributed by atoms with Crippen LogP contribution < -0.4 is 22.5 Å². The van der Waals surface area contributed by atoms with Crippen LogP contribution in [-0.2, 0) is 14.4 Å². The Balaban J connectivity index is 4.60. The molecule has 0 aliphatic heterocycles. The van der Waals surface area contributed by atoms with Gasteiger partial charge in [0.1, 0.15) is 0 Å². The van der Waals surface area contributed by atoms with Crippen LogP contribution in [0.3, 0.4) is 0 Å². The first kappa shape index (κ1) is 12.1. The molecule has 8 nitrogen and oxygen atoms in total. The maximum atomic E-state index is 10.7. The van der Waals surface area contributed by atoms with Crippen molar-refractivity contribution in [1.29, 1.82) is 0 Å². The predicted molar refractivity (Wildman–Crippen MR) is 45.0 cm³/mol. The van der Waals surface area contributed by atoms with E-state index in [1.165, 1.54) is 0 Å². The predicted octanol–water partition coefficient (Wildman–Crippen LogP) is -2.63. The minimum absolute atomic E-state index is 0.407. The Morgan fingerprint density at radius 3 is 2.14 bits per heavy atom. The van der Waals surface area contributed by atoms with Crippen molar-refractivity contribution in [1.82, 2.24) is 10.9 Å². The van der Waals surface area contributed by atoms with Gasteiger partial charge >= 0.3 is 5.97 Å². The van der Waals surface area contributed by atoms with Crippen LogP contribution in [0, 0.1) is 0 Å². The van der Waals surface area contributed by atoms with Gasteiger partial charge in [-0.2, -0.15) is 0 Å². The second-order valence-corrected chi connectivity index (χ2v) is 2.23. The zero-order chi connectivity index (χ0) is 11.1. The summed E-state index contributed by atoms with van der Waals surface area (Å²) in [6.45, 7) is 0. The number of carboxylic acids is 1. The Labute approximate surface area is 78.9 Å². The van der Waals surface area contributed by atoms with Gasteiger partial charge in [-0.05, 0) is 0 Å². The van der Waals surface area contributed by atoms with Gasteiger partial charge in [0.15, 0.2) is 0 Å². The van der Waals surface area contributed by atoms with Gasteiger partial charge in [0.25, 0.3) is 5.91 Å². The van der Waals surface area contributed by atoms with E-state index in [0.717, 1.165) is 0 Å². The van der Waals surface area contributed by atoms with E-state index in [0.29, 0.717) is 6.08 Å². The molecule has 2 amide bonds. The van der Waals surface area contributed by atoms with Crippen LogP contribution in [0.1, 0.15) is 6.42 Å². The number of carboxylic acid groups (broad SMARTS) is 1. The van der Waals surface area contributed by atoms with Crippen LogP contribution in [0.15, 0.2) is 11.6 Å². The van der Waals surface area contributed by atoms with Crippen molar-refractivity contribution in [3.8, 4) is 0 Å². The number of hydrazine groups is 2. The van der Waals surface area contributed by atoms with Gasteiger partial charge in [-0.25, -0.2) is 16.5 Å². The average molecular weight is 202 g/mol. The number of hydrogen-bond donors (Lipinski definition) is 5. The van der Waals surface area contributed by atoms with E-state index in [2.05, 4.69) is 0 Å². The van der Waals surface area contributed by atoms with E-state index in [9.17, 15) is 14.4 Å². The maximum Gasteiger partial charge on any atom is 0.332 e. The largest absolute Gasteiger partial charge is 0.478 e. The van der Waals surface area contributed by atoms with Crippen LogP contribution in [0.5, 0.6) is 0 Å². The smallest absolute Gasteiger partial charge is 0.332 e. The van der Waals surface area contributed by atoms with Gasteiger partial charge < -0.3 is 5.11 Å². The summed E-state index contributed by atoms with van der Waals surface area (Å²) in [6, 6.07) is 0. The van der Waals surface area contributed by atoms with E-state index < -0.39 is 29.8 Å². The lowest BCUT2D eigenvalue weighted by Gasteiger charge is -2.00. The Morgan fingerprint density at radius 1 is 1.21 bits per heavy atom. The highest BCUT2D eigenvalue weighted by atomic mass is 16.4. The first-order valence-electron chi connectivity index (χ1n) is 3.45. The fourth-order valence-corrected chi connectivity index (χ4v) is 0.612. The summed E-state index contributed by atoms with van der Waals surface area (Å²) in [7, 11) is 0. The zero-order valence-electron chi connectivity index (χ0n) is 7.11. The number of aliphatic carboxylic acids is 1. The molecule has 0 bridgehead atoms. The molecule has 0 rings (SSSR count). The van der Waals surface area contributed by atoms with E-state index in [4.69, 9.17) is 16.8 Å². The Bertz CT molecular complexity index is 286. The number of rotatable bonds is 4. The lowest BCUT2D eigenvalue weighted by atomic mass is 10.1. The number of hydrogen-bond acceptors (Lipinski definition) is 5. The standard InChI is InChI=1S/C6H10N4O4/c7-9-4(11)1-3(6(13)14)2-5(12)10-8/h1H,2,7-8H2,(H,9,11)(H,10,12)(H,13,14). The summed E-state index contributed by atoms with van der Waals surface area (Å²) in [5.74, 6) is 6.54. The Hall–Kier alpha value is -1.93. The molecule has 0 fully saturated rings. The third-order valence-corrected chi connectivity index (χ3v) is 1.23. The van der Waals surface area contributed by atoms with Crippen LogP contribution in [0.4, 0.5) is 0 Å². The van der Waals surface area contributed by atoms with Crippen molar-refractivity contribution in [2.24, 2.45) is 11.7 Å². The van der Waals surface area contributed by atoms with Crippen LogP contribution in [0.25, 0.3) is 0 Å². The van der Waals surface area contributed by atoms with Crippen molar-refractivity contribution in [2.45, 2.75) is 6.42 Å². The molecule has 0 aromatic carbocycles. The van der Waals surface area contributed by atoms with Crippen molar-refractivity contribution >= 4 is 17.8 Å². The molecule has 7 N–H and O–H groups in total. The highest BCUT2D eigenvalue weighted by molar-refractivity contribution is 6.00. The van der Waals surface area contributed by atoms with E-state index in [1.807, 2.05) is 0 Å². The molecule has 0 atom stereocenters. The maximum absolute atomic E-state index is 10.7. The van der Waals surface area contributed by atoms with Gasteiger partial charge in [-0.1, -0.05) is 0 Å². The first-order valence-corrected chi connectivity index (χ1v) is 3.45. The molecule has 0 aromatic rings. The average Bonchev–Trinajstić information content (AvgIpc) is 2.16. The van der Waals surface area contributed by atoms with E-state index in [-0.39, 0.29) is 0 Å². The molecule has 0 aliphatic rings. The van der Waals surface area contributed by atoms with Crippen molar-refractivity contribution in [3.05, 3.63) is 11.6 Å². The van der Waals surface area contributed by atoms with E-state index in [1.54, 1.807) is 10.9 Å². The number of nitrogens with two attached hydrogens (primary N) is 2. The second kappa shape index (κ2) is 5.67. The highest BCUT2D eigenvalue weighted by Gasteiger charge is 2.13. The van der Waals surface area contributed by atoms with Crippen molar-refractivity contribution in [3.63, 3.8) is 0 Å². The molecule has 0 aromatic heterocycles. The van der Waals surface area contributed by atoms with Gasteiger partial charge in [0, 0.05) is 6.08 Å².